The zero-order valence-corrected chi connectivity index (χ0v) is 12.2. The first-order valence-corrected chi connectivity index (χ1v) is 6.88. The van der Waals surface area contributed by atoms with Crippen LogP contribution >= 0.6 is 0 Å². The summed E-state index contributed by atoms with van der Waals surface area (Å²) in [5.41, 5.74) is -0.755. The van der Waals surface area contributed by atoms with Gasteiger partial charge in [-0.05, 0) is 20.8 Å². The van der Waals surface area contributed by atoms with E-state index in [1.54, 1.807) is 16.8 Å². The van der Waals surface area contributed by atoms with E-state index < -0.39 is 5.54 Å². The van der Waals surface area contributed by atoms with Crippen molar-refractivity contribution in [2.24, 2.45) is 0 Å². The minimum absolute atomic E-state index is 0.00392. The van der Waals surface area contributed by atoms with Gasteiger partial charge in [0.2, 0.25) is 11.8 Å². The van der Waals surface area contributed by atoms with Crippen molar-refractivity contribution in [1.82, 2.24) is 20.4 Å². The summed E-state index contributed by atoms with van der Waals surface area (Å²) in [6.45, 7) is 8.32. The molecule has 19 heavy (non-hydrogen) atoms. The number of nitrogens with one attached hydrogen (secondary N) is 2. The number of carbonyl (C=O) groups is 2. The molecule has 2 aliphatic rings. The molecule has 6 nitrogen and oxygen atoms in total. The quantitative estimate of drug-likeness (QED) is 0.641. The van der Waals surface area contributed by atoms with E-state index in [0.29, 0.717) is 25.7 Å². The van der Waals surface area contributed by atoms with Crippen LogP contribution in [0, 0.1) is 0 Å². The second-order valence-electron chi connectivity index (χ2n) is 6.05. The normalized spacial score (nSPS) is 31.5. The van der Waals surface area contributed by atoms with Crippen molar-refractivity contribution in [3.05, 3.63) is 0 Å². The Labute approximate surface area is 114 Å². The Kier molecular flexibility index (Phi) is 3.82. The smallest absolute Gasteiger partial charge is 0.247 e. The molecule has 0 radical (unpaired) electrons. The van der Waals surface area contributed by atoms with E-state index in [1.165, 1.54) is 0 Å². The maximum absolute atomic E-state index is 12.6. The zero-order chi connectivity index (χ0) is 14.2. The second kappa shape index (κ2) is 5.09. The summed E-state index contributed by atoms with van der Waals surface area (Å²) in [6.07, 6.45) is 0. The van der Waals surface area contributed by atoms with Gasteiger partial charge in [-0.3, -0.25) is 9.59 Å². The molecule has 2 fully saturated rings. The van der Waals surface area contributed by atoms with Gasteiger partial charge < -0.3 is 20.4 Å². The lowest BCUT2D eigenvalue weighted by atomic mass is 9.96. The van der Waals surface area contributed by atoms with Gasteiger partial charge >= 0.3 is 0 Å². The average molecular weight is 268 g/mol. The average Bonchev–Trinajstić information content (AvgIpc) is 2.36. The number of rotatable bonds is 1. The van der Waals surface area contributed by atoms with Gasteiger partial charge in [0.1, 0.15) is 5.54 Å². The summed E-state index contributed by atoms with van der Waals surface area (Å²) in [7, 11) is 1.79. The summed E-state index contributed by atoms with van der Waals surface area (Å²) >= 11 is 0. The molecule has 0 bridgehead atoms. The van der Waals surface area contributed by atoms with Gasteiger partial charge in [-0.2, -0.15) is 0 Å². The standard InChI is InChI=1S/C13H24N4O2/c1-9-7-15-10(8-14-9)11(18)17-6-5-16(4)12(19)13(17,2)3/h9-10,14-15H,5-8H2,1-4H3. The fourth-order valence-electron chi connectivity index (χ4n) is 2.74. The summed E-state index contributed by atoms with van der Waals surface area (Å²) in [5, 5.41) is 6.55. The van der Waals surface area contributed by atoms with E-state index >= 15 is 0 Å². The Morgan fingerprint density at radius 1 is 1.26 bits per heavy atom. The predicted octanol–water partition coefficient (Wildman–Crippen LogP) is -0.984. The highest BCUT2D eigenvalue weighted by molar-refractivity contribution is 5.93. The molecule has 2 atom stereocenters. The number of piperazine rings is 2. The topological polar surface area (TPSA) is 64.7 Å². The Morgan fingerprint density at radius 3 is 2.53 bits per heavy atom. The molecule has 2 N–H and O–H groups in total. The van der Waals surface area contributed by atoms with Crippen molar-refractivity contribution in [1.29, 1.82) is 0 Å². The van der Waals surface area contributed by atoms with Crippen molar-refractivity contribution in [3.8, 4) is 0 Å². The minimum Gasteiger partial charge on any atom is -0.342 e. The van der Waals surface area contributed by atoms with Crippen LogP contribution in [0.5, 0.6) is 0 Å². The van der Waals surface area contributed by atoms with Crippen molar-refractivity contribution >= 4 is 11.8 Å². The number of likely N-dealkylation sites (N-methyl/N-ethyl adjacent to an activating group) is 1. The monoisotopic (exact) mass is 268 g/mol. The highest BCUT2D eigenvalue weighted by atomic mass is 16.2. The lowest BCUT2D eigenvalue weighted by Gasteiger charge is -2.46. The van der Waals surface area contributed by atoms with Crippen molar-refractivity contribution in [2.75, 3.05) is 33.2 Å². The molecule has 2 amide bonds. The van der Waals surface area contributed by atoms with E-state index in [0.717, 1.165) is 6.54 Å². The Hall–Kier alpha value is -1.14. The fourth-order valence-corrected chi connectivity index (χ4v) is 2.74. The Morgan fingerprint density at radius 2 is 1.95 bits per heavy atom. The van der Waals surface area contributed by atoms with E-state index in [1.807, 2.05) is 13.8 Å². The third-order valence-electron chi connectivity index (χ3n) is 4.11. The SMILES string of the molecule is CC1CNC(C(=O)N2CCN(C)C(=O)C2(C)C)CN1. The van der Waals surface area contributed by atoms with Gasteiger partial charge in [0.25, 0.3) is 0 Å². The Balaban J connectivity index is 2.08. The molecule has 0 aromatic carbocycles. The van der Waals surface area contributed by atoms with Crippen LogP contribution in [0.4, 0.5) is 0 Å². The first kappa shape index (κ1) is 14.3. The molecule has 0 saturated carbocycles. The van der Waals surface area contributed by atoms with Crippen molar-refractivity contribution < 1.29 is 9.59 Å². The lowest BCUT2D eigenvalue weighted by Crippen LogP contribution is -2.68. The molecule has 2 rings (SSSR count). The van der Waals surface area contributed by atoms with Crippen LogP contribution in [0.1, 0.15) is 20.8 Å². The number of nitrogens with zero attached hydrogens (tertiary/aromatic N) is 2. The van der Waals surface area contributed by atoms with Crippen molar-refractivity contribution in [3.63, 3.8) is 0 Å². The number of hydrogen-bond acceptors (Lipinski definition) is 4. The van der Waals surface area contributed by atoms with Crippen LogP contribution < -0.4 is 10.6 Å². The van der Waals surface area contributed by atoms with Crippen LogP contribution in [0.15, 0.2) is 0 Å². The van der Waals surface area contributed by atoms with E-state index in [4.69, 9.17) is 0 Å². The van der Waals surface area contributed by atoms with Crippen LogP contribution in [-0.2, 0) is 9.59 Å². The highest BCUT2D eigenvalue weighted by Gasteiger charge is 2.44. The number of amides is 2. The summed E-state index contributed by atoms with van der Waals surface area (Å²) in [6, 6.07) is 0.151. The molecule has 0 aromatic rings. The number of hydrogen-bond donors (Lipinski definition) is 2. The maximum atomic E-state index is 12.6. The van der Waals surface area contributed by atoms with Crippen molar-refractivity contribution in [2.45, 2.75) is 38.4 Å². The van der Waals surface area contributed by atoms with Gasteiger partial charge in [0.05, 0.1) is 6.04 Å². The fraction of sp³-hybridized carbons (Fsp3) is 0.846. The molecule has 2 heterocycles. The number of carbonyl (C=O) groups excluding carboxylic acids is 2. The van der Waals surface area contributed by atoms with Crippen LogP contribution in [-0.4, -0.2) is 72.5 Å². The third kappa shape index (κ3) is 2.60. The molecule has 2 saturated heterocycles. The van der Waals surface area contributed by atoms with Crippen LogP contribution in [0.3, 0.4) is 0 Å². The third-order valence-corrected chi connectivity index (χ3v) is 4.11. The van der Waals surface area contributed by atoms with Gasteiger partial charge in [0, 0.05) is 39.3 Å². The molecular formula is C13H24N4O2. The summed E-state index contributed by atoms with van der Waals surface area (Å²) in [4.78, 5) is 28.2. The molecule has 0 aliphatic carbocycles. The predicted molar refractivity (Wildman–Crippen MR) is 72.7 cm³/mol. The molecule has 0 aromatic heterocycles. The molecule has 2 aliphatic heterocycles. The molecule has 0 spiro atoms. The molecule has 108 valence electrons. The summed E-state index contributed by atoms with van der Waals surface area (Å²) in [5.74, 6) is 0.0232. The lowest BCUT2D eigenvalue weighted by molar-refractivity contribution is -0.158. The summed E-state index contributed by atoms with van der Waals surface area (Å²) < 4.78 is 0. The first-order valence-electron chi connectivity index (χ1n) is 6.88. The van der Waals surface area contributed by atoms with Crippen LogP contribution in [0.25, 0.3) is 0 Å². The first-order chi connectivity index (χ1) is 8.84. The van der Waals surface area contributed by atoms with Crippen LogP contribution in [0.2, 0.25) is 0 Å². The highest BCUT2D eigenvalue weighted by Crippen LogP contribution is 2.22. The largest absolute Gasteiger partial charge is 0.342 e. The van der Waals surface area contributed by atoms with Gasteiger partial charge in [-0.1, -0.05) is 0 Å². The maximum Gasteiger partial charge on any atom is 0.247 e. The minimum atomic E-state index is -0.755. The van der Waals surface area contributed by atoms with Gasteiger partial charge in [-0.25, -0.2) is 0 Å². The van der Waals surface area contributed by atoms with E-state index in [-0.39, 0.29) is 17.9 Å². The van der Waals surface area contributed by atoms with Gasteiger partial charge in [0.15, 0.2) is 0 Å². The Bertz CT molecular complexity index is 375. The van der Waals surface area contributed by atoms with Gasteiger partial charge in [-0.15, -0.1) is 0 Å². The zero-order valence-electron chi connectivity index (χ0n) is 12.2. The molecular weight excluding hydrogens is 244 g/mol. The second-order valence-corrected chi connectivity index (χ2v) is 6.05. The molecule has 2 unspecified atom stereocenters. The van der Waals surface area contributed by atoms with E-state index in [2.05, 4.69) is 17.6 Å². The molecule has 6 heteroatoms. The van der Waals surface area contributed by atoms with E-state index in [9.17, 15) is 9.59 Å².